The van der Waals surface area contributed by atoms with E-state index in [4.69, 9.17) is 10.8 Å². The number of rotatable bonds is 10. The zero-order chi connectivity index (χ0) is 14.0. The minimum absolute atomic E-state index is 0.172. The van der Waals surface area contributed by atoms with Gasteiger partial charge in [0.15, 0.2) is 0 Å². The summed E-state index contributed by atoms with van der Waals surface area (Å²) in [5, 5.41) is 11.4. The molecule has 0 aromatic heterocycles. The lowest BCUT2D eigenvalue weighted by Gasteiger charge is -2.13. The summed E-state index contributed by atoms with van der Waals surface area (Å²) in [6, 6.07) is -0.821. The Bertz CT molecular complexity index is 297. The van der Waals surface area contributed by atoms with Gasteiger partial charge in [0.05, 0.1) is 5.75 Å². The van der Waals surface area contributed by atoms with Crippen LogP contribution < -0.4 is 11.1 Å². The Morgan fingerprint density at radius 1 is 1.39 bits per heavy atom. The van der Waals surface area contributed by atoms with E-state index in [-0.39, 0.29) is 18.1 Å². The molecule has 0 spiro atoms. The fraction of sp³-hybridized carbons (Fsp3) is 0.727. The predicted octanol–water partition coefficient (Wildman–Crippen LogP) is 0.355. The van der Waals surface area contributed by atoms with E-state index in [1.54, 1.807) is 0 Å². The third-order valence-electron chi connectivity index (χ3n) is 2.20. The number of carbonyl (C=O) groups is 3. The predicted molar refractivity (Wildman–Crippen MR) is 70.2 cm³/mol. The lowest BCUT2D eigenvalue weighted by atomic mass is 10.1. The first-order chi connectivity index (χ1) is 8.47. The average Bonchev–Trinajstić information content (AvgIpc) is 2.29. The number of aliphatic carboxylic acids is 1. The van der Waals surface area contributed by atoms with Crippen LogP contribution in [0.2, 0.25) is 0 Å². The van der Waals surface area contributed by atoms with E-state index in [1.807, 2.05) is 6.92 Å². The van der Waals surface area contributed by atoms with Crippen molar-refractivity contribution in [1.82, 2.24) is 5.32 Å². The maximum atomic E-state index is 11.5. The SMILES string of the molecule is CCCC[C@H](NC(=O)CCSCC(N)=O)C(=O)O. The van der Waals surface area contributed by atoms with Crippen LogP contribution in [0.1, 0.15) is 32.6 Å². The smallest absolute Gasteiger partial charge is 0.326 e. The van der Waals surface area contributed by atoms with Gasteiger partial charge in [-0.1, -0.05) is 19.8 Å². The molecule has 6 nitrogen and oxygen atoms in total. The molecule has 7 heteroatoms. The maximum Gasteiger partial charge on any atom is 0.326 e. The highest BCUT2D eigenvalue weighted by Gasteiger charge is 2.18. The van der Waals surface area contributed by atoms with Gasteiger partial charge < -0.3 is 16.2 Å². The van der Waals surface area contributed by atoms with Crippen molar-refractivity contribution in [2.24, 2.45) is 5.73 Å². The van der Waals surface area contributed by atoms with Crippen LogP contribution in [0.3, 0.4) is 0 Å². The van der Waals surface area contributed by atoms with E-state index in [2.05, 4.69) is 5.32 Å². The van der Waals surface area contributed by atoms with Crippen molar-refractivity contribution in [2.45, 2.75) is 38.6 Å². The molecule has 0 saturated heterocycles. The van der Waals surface area contributed by atoms with Crippen LogP contribution >= 0.6 is 11.8 Å². The molecule has 0 aliphatic heterocycles. The number of hydrogen-bond donors (Lipinski definition) is 3. The summed E-state index contributed by atoms with van der Waals surface area (Å²) in [6.45, 7) is 1.96. The van der Waals surface area contributed by atoms with E-state index in [1.165, 1.54) is 11.8 Å². The molecule has 0 unspecified atom stereocenters. The highest BCUT2D eigenvalue weighted by molar-refractivity contribution is 7.99. The Kier molecular flexibility index (Phi) is 9.08. The maximum absolute atomic E-state index is 11.5. The van der Waals surface area contributed by atoms with Crippen LogP contribution in [0.25, 0.3) is 0 Å². The van der Waals surface area contributed by atoms with Crippen LogP contribution in [0.4, 0.5) is 0 Å². The second kappa shape index (κ2) is 9.76. The van der Waals surface area contributed by atoms with Gasteiger partial charge in [-0.3, -0.25) is 9.59 Å². The fourth-order valence-corrected chi connectivity index (χ4v) is 1.95. The van der Waals surface area contributed by atoms with Crippen LogP contribution in [0.15, 0.2) is 0 Å². The van der Waals surface area contributed by atoms with Gasteiger partial charge in [-0.2, -0.15) is 11.8 Å². The van der Waals surface area contributed by atoms with Gasteiger partial charge in [0.2, 0.25) is 11.8 Å². The average molecular weight is 276 g/mol. The lowest BCUT2D eigenvalue weighted by Crippen LogP contribution is -2.40. The number of nitrogens with one attached hydrogen (secondary N) is 1. The molecule has 0 aliphatic carbocycles. The molecular formula is C11H20N2O4S. The van der Waals surface area contributed by atoms with Crippen LogP contribution in [0.5, 0.6) is 0 Å². The van der Waals surface area contributed by atoms with Crippen molar-refractivity contribution in [3.63, 3.8) is 0 Å². The number of amides is 2. The van der Waals surface area contributed by atoms with Crippen LogP contribution in [0, 0.1) is 0 Å². The standard InChI is InChI=1S/C11H20N2O4S/c1-2-3-4-8(11(16)17)13-10(15)5-6-18-7-9(12)14/h8H,2-7H2,1H3,(H2,12,14)(H,13,15)(H,16,17)/t8-/m0/s1. The first-order valence-corrected chi connectivity index (χ1v) is 7.01. The monoisotopic (exact) mass is 276 g/mol. The van der Waals surface area contributed by atoms with Gasteiger partial charge in [-0.25, -0.2) is 4.79 Å². The summed E-state index contributed by atoms with van der Waals surface area (Å²) in [5.41, 5.74) is 4.95. The Morgan fingerprint density at radius 3 is 2.56 bits per heavy atom. The molecule has 0 aromatic rings. The second-order valence-corrected chi connectivity index (χ2v) is 4.97. The third kappa shape index (κ3) is 8.86. The summed E-state index contributed by atoms with van der Waals surface area (Å²) in [5.74, 6) is -1.12. The van der Waals surface area contributed by atoms with E-state index in [0.29, 0.717) is 12.2 Å². The van der Waals surface area contributed by atoms with Gasteiger partial charge in [0.1, 0.15) is 6.04 Å². The molecule has 0 rings (SSSR count). The first kappa shape index (κ1) is 16.8. The summed E-state index contributed by atoms with van der Waals surface area (Å²) < 4.78 is 0. The second-order valence-electron chi connectivity index (χ2n) is 3.87. The van der Waals surface area contributed by atoms with Gasteiger partial charge >= 0.3 is 5.97 Å². The molecule has 18 heavy (non-hydrogen) atoms. The third-order valence-corrected chi connectivity index (χ3v) is 3.18. The molecule has 2 amide bonds. The van der Waals surface area contributed by atoms with Crippen molar-refractivity contribution < 1.29 is 19.5 Å². The highest BCUT2D eigenvalue weighted by Crippen LogP contribution is 2.04. The highest BCUT2D eigenvalue weighted by atomic mass is 32.2. The van der Waals surface area contributed by atoms with E-state index in [0.717, 1.165) is 12.8 Å². The molecule has 0 heterocycles. The number of hydrogen-bond acceptors (Lipinski definition) is 4. The molecule has 0 saturated carbocycles. The van der Waals surface area contributed by atoms with E-state index >= 15 is 0 Å². The summed E-state index contributed by atoms with van der Waals surface area (Å²) >= 11 is 1.26. The number of thioether (sulfide) groups is 1. The molecular weight excluding hydrogens is 256 g/mol. The normalized spacial score (nSPS) is 11.8. The van der Waals surface area contributed by atoms with E-state index in [9.17, 15) is 14.4 Å². The van der Waals surface area contributed by atoms with Crippen molar-refractivity contribution >= 4 is 29.5 Å². The zero-order valence-electron chi connectivity index (χ0n) is 10.5. The Morgan fingerprint density at radius 2 is 2.06 bits per heavy atom. The van der Waals surface area contributed by atoms with Crippen molar-refractivity contribution in [3.8, 4) is 0 Å². The fourth-order valence-electron chi connectivity index (χ4n) is 1.27. The first-order valence-electron chi connectivity index (χ1n) is 5.85. The summed E-state index contributed by atoms with van der Waals surface area (Å²) in [4.78, 5) is 32.8. The minimum Gasteiger partial charge on any atom is -0.480 e. The van der Waals surface area contributed by atoms with E-state index < -0.39 is 17.9 Å². The molecule has 104 valence electrons. The van der Waals surface area contributed by atoms with Gasteiger partial charge in [0, 0.05) is 12.2 Å². The minimum atomic E-state index is -1.01. The quantitative estimate of drug-likeness (QED) is 0.499. The largest absolute Gasteiger partial charge is 0.480 e. The summed E-state index contributed by atoms with van der Waals surface area (Å²) in [6.07, 6.45) is 2.27. The van der Waals surface area contributed by atoms with Crippen LogP contribution in [-0.2, 0) is 14.4 Å². The molecule has 0 radical (unpaired) electrons. The van der Waals surface area contributed by atoms with Crippen molar-refractivity contribution in [2.75, 3.05) is 11.5 Å². The lowest BCUT2D eigenvalue weighted by molar-refractivity contribution is -0.142. The Balaban J connectivity index is 3.87. The molecule has 0 aromatic carbocycles. The van der Waals surface area contributed by atoms with Crippen LogP contribution in [-0.4, -0.2) is 40.4 Å². The zero-order valence-corrected chi connectivity index (χ0v) is 11.3. The number of carbonyl (C=O) groups excluding carboxylic acids is 2. The number of carboxylic acid groups (broad SMARTS) is 1. The molecule has 0 fully saturated rings. The Hall–Kier alpha value is -1.24. The summed E-state index contributed by atoms with van der Waals surface area (Å²) in [7, 11) is 0. The van der Waals surface area contributed by atoms with Crippen molar-refractivity contribution in [1.29, 1.82) is 0 Å². The van der Waals surface area contributed by atoms with Gasteiger partial charge in [-0.05, 0) is 6.42 Å². The Labute approximate surface area is 111 Å². The van der Waals surface area contributed by atoms with Gasteiger partial charge in [-0.15, -0.1) is 0 Å². The number of carboxylic acids is 1. The number of primary amides is 1. The number of nitrogens with two attached hydrogens (primary N) is 1. The molecule has 1 atom stereocenters. The molecule has 0 bridgehead atoms. The molecule has 0 aliphatic rings. The number of unbranched alkanes of at least 4 members (excludes halogenated alkanes) is 1. The molecule has 4 N–H and O–H groups in total. The van der Waals surface area contributed by atoms with Crippen molar-refractivity contribution in [3.05, 3.63) is 0 Å². The topological polar surface area (TPSA) is 109 Å². The van der Waals surface area contributed by atoms with Gasteiger partial charge in [0.25, 0.3) is 0 Å².